The van der Waals surface area contributed by atoms with Gasteiger partial charge in [0.05, 0.1) is 25.4 Å². The van der Waals surface area contributed by atoms with Crippen molar-refractivity contribution in [1.82, 2.24) is 5.32 Å². The van der Waals surface area contributed by atoms with Crippen molar-refractivity contribution in [3.05, 3.63) is 24.3 Å². The first-order valence-electron chi connectivity index (χ1n) is 29.1. The van der Waals surface area contributed by atoms with Gasteiger partial charge in [0.2, 0.25) is 5.91 Å². The van der Waals surface area contributed by atoms with E-state index in [1.165, 1.54) is 225 Å². The zero-order valence-corrected chi connectivity index (χ0v) is 43.9. The minimum atomic E-state index is -1.57. The molecular formula is C58H111NO8. The first-order valence-corrected chi connectivity index (χ1v) is 29.1. The third kappa shape index (κ3) is 38.1. The number of unbranched alkanes of at least 4 members (excludes halogenated alkanes) is 38. The van der Waals surface area contributed by atoms with E-state index in [-0.39, 0.29) is 12.5 Å². The van der Waals surface area contributed by atoms with Gasteiger partial charge >= 0.3 is 0 Å². The molecule has 1 heterocycles. The topological polar surface area (TPSA) is 149 Å². The molecule has 1 aliphatic rings. The molecule has 6 N–H and O–H groups in total. The summed E-state index contributed by atoms with van der Waals surface area (Å²) in [5.74, 6) is -0.180. The fraction of sp³-hybridized carbons (Fsp3) is 0.914. The summed E-state index contributed by atoms with van der Waals surface area (Å²) in [6.45, 7) is 3.80. The van der Waals surface area contributed by atoms with Crippen LogP contribution in [0.5, 0.6) is 0 Å². The van der Waals surface area contributed by atoms with Gasteiger partial charge in [-0.2, -0.15) is 0 Å². The summed E-state index contributed by atoms with van der Waals surface area (Å²) in [4.78, 5) is 13.1. The van der Waals surface area contributed by atoms with Crippen LogP contribution in [-0.4, -0.2) is 87.5 Å². The van der Waals surface area contributed by atoms with Crippen LogP contribution in [0.2, 0.25) is 0 Å². The Morgan fingerprint density at radius 1 is 0.493 bits per heavy atom. The molecule has 9 heteroatoms. The van der Waals surface area contributed by atoms with Gasteiger partial charge in [0.25, 0.3) is 0 Å². The number of ether oxygens (including phenoxy) is 2. The molecule has 0 aromatic carbocycles. The molecule has 7 unspecified atom stereocenters. The van der Waals surface area contributed by atoms with Gasteiger partial charge in [-0.15, -0.1) is 0 Å². The van der Waals surface area contributed by atoms with E-state index in [0.717, 1.165) is 38.5 Å². The summed E-state index contributed by atoms with van der Waals surface area (Å²) in [7, 11) is 0. The number of hydrogen-bond donors (Lipinski definition) is 6. The Morgan fingerprint density at radius 3 is 1.25 bits per heavy atom. The van der Waals surface area contributed by atoms with Crippen LogP contribution in [0.4, 0.5) is 0 Å². The van der Waals surface area contributed by atoms with Crippen LogP contribution >= 0.6 is 0 Å². The van der Waals surface area contributed by atoms with E-state index in [4.69, 9.17) is 9.47 Å². The monoisotopic (exact) mass is 950 g/mol. The minimum absolute atomic E-state index is 0.180. The zero-order chi connectivity index (χ0) is 48.7. The average Bonchev–Trinajstić information content (AvgIpc) is 3.33. The van der Waals surface area contributed by atoms with Gasteiger partial charge in [0.15, 0.2) is 6.29 Å². The van der Waals surface area contributed by atoms with E-state index in [0.29, 0.717) is 6.42 Å². The summed E-state index contributed by atoms with van der Waals surface area (Å²) < 4.78 is 11.3. The van der Waals surface area contributed by atoms with E-state index < -0.39 is 49.5 Å². The molecule has 0 aromatic rings. The number of rotatable bonds is 50. The Balaban J connectivity index is 2.24. The normalized spacial score (nSPS) is 19.8. The summed E-state index contributed by atoms with van der Waals surface area (Å²) in [6.07, 6.45) is 53.9. The third-order valence-corrected chi connectivity index (χ3v) is 14.0. The third-order valence-electron chi connectivity index (χ3n) is 14.0. The number of hydrogen-bond acceptors (Lipinski definition) is 8. The summed E-state index contributed by atoms with van der Waals surface area (Å²) in [5.41, 5.74) is 0. The maximum Gasteiger partial charge on any atom is 0.220 e. The van der Waals surface area contributed by atoms with E-state index in [9.17, 15) is 30.3 Å². The van der Waals surface area contributed by atoms with Gasteiger partial charge in [0, 0.05) is 6.42 Å². The van der Waals surface area contributed by atoms with Gasteiger partial charge in [-0.25, -0.2) is 0 Å². The molecule has 396 valence electrons. The van der Waals surface area contributed by atoms with Crippen molar-refractivity contribution in [2.24, 2.45) is 0 Å². The molecule has 0 radical (unpaired) electrons. The quantitative estimate of drug-likeness (QED) is 0.0261. The maximum atomic E-state index is 13.1. The number of carbonyl (C=O) groups is 1. The SMILES string of the molecule is CCCCCCCCCCCCCCCCC/C=C/CC/C=C/C(O)C(COC1OC(CO)C(O)C(O)C1O)NC(=O)CCCCCCCCCCCCCCCCCCCCCCCCC. The Morgan fingerprint density at radius 2 is 0.851 bits per heavy atom. The fourth-order valence-corrected chi connectivity index (χ4v) is 9.41. The Hall–Kier alpha value is -1.33. The second-order valence-corrected chi connectivity index (χ2v) is 20.4. The van der Waals surface area contributed by atoms with Gasteiger partial charge in [0.1, 0.15) is 24.4 Å². The van der Waals surface area contributed by atoms with Crippen molar-refractivity contribution >= 4 is 5.91 Å². The standard InChI is InChI=1S/C58H111NO8/c1-3-5-7-9-11-13-15-17-19-21-23-25-26-28-30-32-34-36-38-40-42-44-46-48-54(62)59-51(50-66-58-57(65)56(64)55(63)53(49-60)67-58)52(61)47-45-43-41-39-37-35-33-31-29-27-24-22-20-18-16-14-12-10-8-6-4-2/h37,39,45,47,51-53,55-58,60-61,63-65H,3-36,38,40-44,46,48-50H2,1-2H3,(H,59,62)/b39-37+,47-45+. The van der Waals surface area contributed by atoms with Crippen LogP contribution < -0.4 is 5.32 Å². The molecular weight excluding hydrogens is 839 g/mol. The van der Waals surface area contributed by atoms with Crippen LogP contribution in [0, 0.1) is 0 Å². The molecule has 1 aliphatic heterocycles. The highest BCUT2D eigenvalue weighted by Crippen LogP contribution is 2.23. The van der Waals surface area contributed by atoms with Crippen molar-refractivity contribution in [3.8, 4) is 0 Å². The van der Waals surface area contributed by atoms with Gasteiger partial charge in [-0.1, -0.05) is 269 Å². The molecule has 1 saturated heterocycles. The molecule has 1 amide bonds. The van der Waals surface area contributed by atoms with Gasteiger partial charge < -0.3 is 40.3 Å². The van der Waals surface area contributed by atoms with Crippen molar-refractivity contribution in [3.63, 3.8) is 0 Å². The van der Waals surface area contributed by atoms with Gasteiger partial charge in [-0.05, 0) is 32.1 Å². The lowest BCUT2D eigenvalue weighted by Gasteiger charge is -2.40. The number of allylic oxidation sites excluding steroid dienone is 3. The van der Waals surface area contributed by atoms with Crippen LogP contribution in [0.25, 0.3) is 0 Å². The Kier molecular flexibility index (Phi) is 45.9. The molecule has 1 rings (SSSR count). The van der Waals surface area contributed by atoms with E-state index in [2.05, 4.69) is 31.3 Å². The number of carbonyl (C=O) groups excluding carboxylic acids is 1. The lowest BCUT2D eigenvalue weighted by molar-refractivity contribution is -0.302. The predicted octanol–water partition coefficient (Wildman–Crippen LogP) is 14.2. The Labute approximate surface area is 413 Å². The summed E-state index contributed by atoms with van der Waals surface area (Å²) in [5, 5.41) is 54.5. The first-order chi connectivity index (χ1) is 32.8. The molecule has 9 nitrogen and oxygen atoms in total. The number of aliphatic hydroxyl groups is 5. The van der Waals surface area contributed by atoms with Crippen molar-refractivity contribution in [2.75, 3.05) is 13.2 Å². The van der Waals surface area contributed by atoms with E-state index >= 15 is 0 Å². The summed E-state index contributed by atoms with van der Waals surface area (Å²) >= 11 is 0. The molecule has 1 fully saturated rings. The molecule has 0 spiro atoms. The second-order valence-electron chi connectivity index (χ2n) is 20.4. The van der Waals surface area contributed by atoms with Crippen LogP contribution in [0.1, 0.15) is 284 Å². The molecule has 0 saturated carbocycles. The minimum Gasteiger partial charge on any atom is -0.394 e. The Bertz CT molecular complexity index is 1100. The van der Waals surface area contributed by atoms with Gasteiger partial charge in [-0.3, -0.25) is 4.79 Å². The number of aliphatic hydroxyl groups excluding tert-OH is 5. The molecule has 7 atom stereocenters. The lowest BCUT2D eigenvalue weighted by atomic mass is 9.99. The summed E-state index contributed by atoms with van der Waals surface area (Å²) in [6, 6.07) is -0.818. The predicted molar refractivity (Wildman–Crippen MR) is 281 cm³/mol. The lowest BCUT2D eigenvalue weighted by Crippen LogP contribution is -2.60. The highest BCUT2D eigenvalue weighted by molar-refractivity contribution is 5.76. The van der Waals surface area contributed by atoms with Crippen LogP contribution in [0.3, 0.4) is 0 Å². The number of nitrogens with one attached hydrogen (secondary N) is 1. The maximum absolute atomic E-state index is 13.1. The smallest absolute Gasteiger partial charge is 0.220 e. The average molecular weight is 951 g/mol. The van der Waals surface area contributed by atoms with Crippen LogP contribution in [-0.2, 0) is 14.3 Å². The highest BCUT2D eigenvalue weighted by Gasteiger charge is 2.44. The van der Waals surface area contributed by atoms with Crippen molar-refractivity contribution < 1.29 is 39.8 Å². The van der Waals surface area contributed by atoms with E-state index in [1.54, 1.807) is 6.08 Å². The van der Waals surface area contributed by atoms with E-state index in [1.807, 2.05) is 6.08 Å². The molecule has 67 heavy (non-hydrogen) atoms. The highest BCUT2D eigenvalue weighted by atomic mass is 16.7. The first kappa shape index (κ1) is 63.7. The van der Waals surface area contributed by atoms with Crippen molar-refractivity contribution in [1.29, 1.82) is 0 Å². The zero-order valence-electron chi connectivity index (χ0n) is 43.9. The largest absolute Gasteiger partial charge is 0.394 e. The fourth-order valence-electron chi connectivity index (χ4n) is 9.41. The molecule has 0 aliphatic carbocycles. The molecule has 0 aromatic heterocycles. The second kappa shape index (κ2) is 48.3. The van der Waals surface area contributed by atoms with Crippen LogP contribution in [0.15, 0.2) is 24.3 Å². The molecule has 0 bridgehead atoms. The van der Waals surface area contributed by atoms with Crippen molar-refractivity contribution in [2.45, 2.75) is 326 Å². The number of amides is 1.